The van der Waals surface area contributed by atoms with E-state index in [1.54, 1.807) is 0 Å². The van der Waals surface area contributed by atoms with Gasteiger partial charge in [0.2, 0.25) is 0 Å². The highest BCUT2D eigenvalue weighted by Crippen LogP contribution is 2.41. The molecular weight excluding hydrogens is 448 g/mol. The van der Waals surface area contributed by atoms with Crippen LogP contribution in [0.15, 0.2) is 121 Å². The summed E-state index contributed by atoms with van der Waals surface area (Å²) in [6, 6.07) is 44.3. The minimum Gasteiger partial charge on any atom is -0.134 e. The summed E-state index contributed by atoms with van der Waals surface area (Å²) < 4.78 is 0. The van der Waals surface area contributed by atoms with E-state index in [4.69, 9.17) is 0 Å². The molecule has 2 aromatic heterocycles. The zero-order valence-electron chi connectivity index (χ0n) is 18.4. The highest BCUT2D eigenvalue weighted by molar-refractivity contribution is 7.25. The van der Waals surface area contributed by atoms with Gasteiger partial charge in [-0.2, -0.15) is 0 Å². The molecule has 0 unspecified atom stereocenters. The Morgan fingerprint density at radius 2 is 0.971 bits per heavy atom. The number of rotatable bonds is 3. The maximum Gasteiger partial charge on any atom is 0.0449 e. The molecule has 2 heterocycles. The third-order valence-electron chi connectivity index (χ3n) is 6.50. The van der Waals surface area contributed by atoms with Gasteiger partial charge in [0.25, 0.3) is 0 Å². The Kier molecular flexibility index (Phi) is 4.61. The molecular formula is C32H20S2. The van der Waals surface area contributed by atoms with E-state index < -0.39 is 0 Å². The Morgan fingerprint density at radius 1 is 0.324 bits per heavy atom. The first-order valence-electron chi connectivity index (χ1n) is 11.4. The molecule has 5 aromatic carbocycles. The normalized spacial score (nSPS) is 11.5. The lowest BCUT2D eigenvalue weighted by Gasteiger charge is -2.08. The van der Waals surface area contributed by atoms with E-state index >= 15 is 0 Å². The topological polar surface area (TPSA) is 0 Å². The summed E-state index contributed by atoms with van der Waals surface area (Å²) in [5.41, 5.74) is 2.56. The molecule has 2 heteroatoms. The van der Waals surface area contributed by atoms with Crippen molar-refractivity contribution >= 4 is 55.0 Å². The predicted molar refractivity (Wildman–Crippen MR) is 151 cm³/mol. The van der Waals surface area contributed by atoms with Crippen molar-refractivity contribution in [1.82, 2.24) is 0 Å². The lowest BCUT2D eigenvalue weighted by molar-refractivity contribution is 1.70. The molecule has 0 nitrogen and oxygen atoms in total. The molecule has 0 fully saturated rings. The summed E-state index contributed by atoms with van der Waals surface area (Å²) in [7, 11) is 0. The highest BCUT2D eigenvalue weighted by atomic mass is 32.1. The van der Waals surface area contributed by atoms with Crippen molar-refractivity contribution in [2.24, 2.45) is 0 Å². The molecule has 0 saturated heterocycles. The van der Waals surface area contributed by atoms with E-state index in [9.17, 15) is 0 Å². The molecule has 7 aromatic rings. The van der Waals surface area contributed by atoms with Crippen molar-refractivity contribution in [2.45, 2.75) is 0 Å². The van der Waals surface area contributed by atoms with Crippen molar-refractivity contribution in [3.63, 3.8) is 0 Å². The molecule has 0 N–H and O–H groups in total. The fourth-order valence-electron chi connectivity index (χ4n) is 4.76. The number of hydrogen-bond acceptors (Lipinski definition) is 2. The minimum atomic E-state index is 1.28. The summed E-state index contributed by atoms with van der Waals surface area (Å²) in [4.78, 5) is 5.28. The van der Waals surface area contributed by atoms with Crippen molar-refractivity contribution in [3.05, 3.63) is 121 Å². The third-order valence-corrected chi connectivity index (χ3v) is 8.96. The number of thiophene rings is 2. The first kappa shape index (κ1) is 19.7. The first-order chi connectivity index (χ1) is 16.8. The van der Waals surface area contributed by atoms with Gasteiger partial charge in [-0.15, -0.1) is 22.7 Å². The summed E-state index contributed by atoms with van der Waals surface area (Å²) >= 11 is 3.73. The van der Waals surface area contributed by atoms with Crippen molar-refractivity contribution in [3.8, 4) is 30.6 Å². The second kappa shape index (κ2) is 7.95. The average Bonchev–Trinajstić information content (AvgIpc) is 3.58. The Bertz CT molecular complexity index is 1800. The standard InChI is InChI=1S/C32H20S2/c1-2-7-22(8-3-1)29-14-16-31(33-29)32-17-15-30(34-32)25-13-11-23-20-28-24(18-26(23)19-25)12-10-21-6-4-5-9-27(21)28/h1-20H. The van der Waals surface area contributed by atoms with Crippen LogP contribution in [0.1, 0.15) is 0 Å². The van der Waals surface area contributed by atoms with E-state index in [1.807, 2.05) is 22.7 Å². The van der Waals surface area contributed by atoms with Gasteiger partial charge < -0.3 is 0 Å². The molecule has 34 heavy (non-hydrogen) atoms. The van der Waals surface area contributed by atoms with Crippen LogP contribution in [0.2, 0.25) is 0 Å². The molecule has 7 rings (SSSR count). The molecule has 0 radical (unpaired) electrons. The fourth-order valence-corrected chi connectivity index (χ4v) is 6.86. The van der Waals surface area contributed by atoms with Crippen LogP contribution >= 0.6 is 22.7 Å². The van der Waals surface area contributed by atoms with E-state index in [2.05, 4.69) is 121 Å². The molecule has 0 aliphatic heterocycles. The van der Waals surface area contributed by atoms with E-state index in [0.29, 0.717) is 0 Å². The summed E-state index contributed by atoms with van der Waals surface area (Å²) in [5.74, 6) is 0. The van der Waals surface area contributed by atoms with Gasteiger partial charge in [0.15, 0.2) is 0 Å². The van der Waals surface area contributed by atoms with Crippen LogP contribution in [0.5, 0.6) is 0 Å². The predicted octanol–water partition coefficient (Wildman–Crippen LogP) is 10.3. The maximum atomic E-state index is 2.34. The van der Waals surface area contributed by atoms with Crippen LogP contribution in [-0.4, -0.2) is 0 Å². The van der Waals surface area contributed by atoms with Gasteiger partial charge in [0, 0.05) is 19.5 Å². The molecule has 0 spiro atoms. The zero-order chi connectivity index (χ0) is 22.5. The summed E-state index contributed by atoms with van der Waals surface area (Å²) in [6.07, 6.45) is 0. The maximum absolute atomic E-state index is 2.34. The third kappa shape index (κ3) is 3.35. The monoisotopic (exact) mass is 468 g/mol. The highest BCUT2D eigenvalue weighted by Gasteiger charge is 2.10. The second-order valence-corrected chi connectivity index (χ2v) is 10.8. The fraction of sp³-hybridized carbons (Fsp3) is 0. The molecule has 0 aliphatic carbocycles. The quantitative estimate of drug-likeness (QED) is 0.179. The van der Waals surface area contributed by atoms with Gasteiger partial charge in [0.1, 0.15) is 0 Å². The summed E-state index contributed by atoms with van der Waals surface area (Å²) in [6.45, 7) is 0. The van der Waals surface area contributed by atoms with E-state index in [1.165, 1.54) is 63.0 Å². The summed E-state index contributed by atoms with van der Waals surface area (Å²) in [5, 5.41) is 7.81. The van der Waals surface area contributed by atoms with Gasteiger partial charge in [-0.1, -0.05) is 78.9 Å². The van der Waals surface area contributed by atoms with E-state index in [0.717, 1.165) is 0 Å². The van der Waals surface area contributed by atoms with Crippen LogP contribution in [-0.2, 0) is 0 Å². The van der Waals surface area contributed by atoms with Crippen LogP contribution in [0, 0.1) is 0 Å². The van der Waals surface area contributed by atoms with Crippen LogP contribution in [0.3, 0.4) is 0 Å². The van der Waals surface area contributed by atoms with E-state index in [-0.39, 0.29) is 0 Å². The Balaban J connectivity index is 1.27. The second-order valence-electron chi connectivity index (χ2n) is 8.62. The molecule has 0 atom stereocenters. The molecule has 0 saturated carbocycles. The smallest absolute Gasteiger partial charge is 0.0449 e. The van der Waals surface area contributed by atoms with Crippen molar-refractivity contribution < 1.29 is 0 Å². The number of benzene rings is 5. The van der Waals surface area contributed by atoms with Gasteiger partial charge in [0.05, 0.1) is 0 Å². The number of hydrogen-bond donors (Lipinski definition) is 0. The molecule has 0 bridgehead atoms. The van der Waals surface area contributed by atoms with Crippen LogP contribution in [0.4, 0.5) is 0 Å². The average molecular weight is 469 g/mol. The van der Waals surface area contributed by atoms with Crippen molar-refractivity contribution in [2.75, 3.05) is 0 Å². The van der Waals surface area contributed by atoms with Gasteiger partial charge >= 0.3 is 0 Å². The van der Waals surface area contributed by atoms with Crippen LogP contribution < -0.4 is 0 Å². The Morgan fingerprint density at radius 3 is 1.79 bits per heavy atom. The molecule has 160 valence electrons. The number of fused-ring (bicyclic) bond motifs is 4. The van der Waals surface area contributed by atoms with Crippen LogP contribution in [0.25, 0.3) is 63.0 Å². The van der Waals surface area contributed by atoms with Gasteiger partial charge in [-0.05, 0) is 85.9 Å². The van der Waals surface area contributed by atoms with Crippen molar-refractivity contribution in [1.29, 1.82) is 0 Å². The Labute approximate surface area is 206 Å². The first-order valence-corrected chi connectivity index (χ1v) is 13.1. The largest absolute Gasteiger partial charge is 0.134 e. The zero-order valence-corrected chi connectivity index (χ0v) is 20.0. The minimum absolute atomic E-state index is 1.28. The molecule has 0 aliphatic rings. The van der Waals surface area contributed by atoms with Gasteiger partial charge in [-0.3, -0.25) is 0 Å². The van der Waals surface area contributed by atoms with Gasteiger partial charge in [-0.25, -0.2) is 0 Å². The SMILES string of the molecule is c1ccc(-c2ccc(-c3ccc(-c4ccc5cc6c(ccc7ccccc76)cc5c4)s3)s2)cc1. The lowest BCUT2D eigenvalue weighted by Crippen LogP contribution is -1.81. The lowest BCUT2D eigenvalue weighted by atomic mass is 9.97. The Hall–Kier alpha value is -3.72. The molecule has 0 amide bonds.